The fourth-order valence-corrected chi connectivity index (χ4v) is 1.23. The Morgan fingerprint density at radius 3 is 3.00 bits per heavy atom. The van der Waals surface area contributed by atoms with Crippen molar-refractivity contribution in [2.45, 2.75) is 39.3 Å². The SMILES string of the molecule is CCCCN1C=NNC1CC. The second kappa shape index (κ2) is 4.21. The predicted octanol–water partition coefficient (Wildman–Crippen LogP) is 1.37. The Morgan fingerprint density at radius 1 is 1.55 bits per heavy atom. The molecular weight excluding hydrogens is 138 g/mol. The summed E-state index contributed by atoms with van der Waals surface area (Å²) in [5.41, 5.74) is 3.06. The molecule has 1 N–H and O–H groups in total. The van der Waals surface area contributed by atoms with Crippen LogP contribution in [0.2, 0.25) is 0 Å². The van der Waals surface area contributed by atoms with Gasteiger partial charge in [0.15, 0.2) is 0 Å². The molecule has 1 unspecified atom stereocenters. The summed E-state index contributed by atoms with van der Waals surface area (Å²) < 4.78 is 0. The highest BCUT2D eigenvalue weighted by atomic mass is 15.5. The van der Waals surface area contributed by atoms with E-state index >= 15 is 0 Å². The molecule has 1 atom stereocenters. The summed E-state index contributed by atoms with van der Waals surface area (Å²) in [6.07, 6.45) is 5.97. The van der Waals surface area contributed by atoms with Crippen LogP contribution < -0.4 is 5.43 Å². The van der Waals surface area contributed by atoms with Gasteiger partial charge in [-0.05, 0) is 12.8 Å². The summed E-state index contributed by atoms with van der Waals surface area (Å²) in [4.78, 5) is 2.27. The Balaban J connectivity index is 2.25. The van der Waals surface area contributed by atoms with Gasteiger partial charge >= 0.3 is 0 Å². The monoisotopic (exact) mass is 155 g/mol. The van der Waals surface area contributed by atoms with Crippen molar-refractivity contribution in [3.05, 3.63) is 0 Å². The molecule has 0 fully saturated rings. The minimum absolute atomic E-state index is 0.446. The average molecular weight is 155 g/mol. The van der Waals surface area contributed by atoms with Gasteiger partial charge in [0.05, 0.1) is 0 Å². The van der Waals surface area contributed by atoms with Crippen LogP contribution in [-0.2, 0) is 0 Å². The minimum atomic E-state index is 0.446. The molecule has 0 aliphatic carbocycles. The topological polar surface area (TPSA) is 27.6 Å². The lowest BCUT2D eigenvalue weighted by atomic mass is 10.3. The molecule has 1 aliphatic heterocycles. The van der Waals surface area contributed by atoms with E-state index < -0.39 is 0 Å². The fraction of sp³-hybridized carbons (Fsp3) is 0.875. The molecule has 0 spiro atoms. The van der Waals surface area contributed by atoms with E-state index in [2.05, 4.69) is 29.3 Å². The maximum atomic E-state index is 4.02. The van der Waals surface area contributed by atoms with E-state index in [1.807, 2.05) is 6.34 Å². The van der Waals surface area contributed by atoms with Crippen LogP contribution in [-0.4, -0.2) is 23.9 Å². The van der Waals surface area contributed by atoms with Crippen LogP contribution in [0.15, 0.2) is 5.10 Å². The largest absolute Gasteiger partial charge is 0.340 e. The number of hydrogen-bond acceptors (Lipinski definition) is 3. The van der Waals surface area contributed by atoms with Crippen molar-refractivity contribution in [3.8, 4) is 0 Å². The number of nitrogens with zero attached hydrogens (tertiary/aromatic N) is 2. The first-order valence-corrected chi connectivity index (χ1v) is 4.43. The van der Waals surface area contributed by atoms with Crippen molar-refractivity contribution in [2.24, 2.45) is 5.10 Å². The van der Waals surface area contributed by atoms with Gasteiger partial charge in [-0.1, -0.05) is 20.3 Å². The van der Waals surface area contributed by atoms with Crippen molar-refractivity contribution in [2.75, 3.05) is 6.54 Å². The van der Waals surface area contributed by atoms with Gasteiger partial charge in [-0.2, -0.15) is 5.10 Å². The summed E-state index contributed by atoms with van der Waals surface area (Å²) in [5, 5.41) is 4.02. The third-order valence-electron chi connectivity index (χ3n) is 1.99. The van der Waals surface area contributed by atoms with Gasteiger partial charge < -0.3 is 4.90 Å². The van der Waals surface area contributed by atoms with Crippen LogP contribution in [0.1, 0.15) is 33.1 Å². The van der Waals surface area contributed by atoms with Gasteiger partial charge in [0, 0.05) is 6.54 Å². The summed E-state index contributed by atoms with van der Waals surface area (Å²) >= 11 is 0. The molecule has 0 aromatic rings. The van der Waals surface area contributed by atoms with Crippen molar-refractivity contribution in [3.63, 3.8) is 0 Å². The third-order valence-corrected chi connectivity index (χ3v) is 1.99. The molecular formula is C8H17N3. The van der Waals surface area contributed by atoms with Gasteiger partial charge in [0.25, 0.3) is 0 Å². The van der Waals surface area contributed by atoms with E-state index in [9.17, 15) is 0 Å². The van der Waals surface area contributed by atoms with Crippen LogP contribution in [0.25, 0.3) is 0 Å². The lowest BCUT2D eigenvalue weighted by Crippen LogP contribution is -2.36. The van der Waals surface area contributed by atoms with Crippen LogP contribution in [0, 0.1) is 0 Å². The molecule has 0 aromatic carbocycles. The van der Waals surface area contributed by atoms with Crippen LogP contribution in [0.5, 0.6) is 0 Å². The van der Waals surface area contributed by atoms with E-state index in [0.717, 1.165) is 13.0 Å². The predicted molar refractivity (Wildman–Crippen MR) is 47.3 cm³/mol. The number of hydrogen-bond donors (Lipinski definition) is 1. The molecule has 0 saturated carbocycles. The molecule has 0 saturated heterocycles. The highest BCUT2D eigenvalue weighted by Crippen LogP contribution is 2.05. The lowest BCUT2D eigenvalue weighted by molar-refractivity contribution is 0.293. The Bertz CT molecular complexity index is 133. The maximum Gasteiger partial charge on any atom is 0.116 e. The van der Waals surface area contributed by atoms with E-state index in [0.29, 0.717) is 6.17 Å². The zero-order valence-corrected chi connectivity index (χ0v) is 7.38. The molecule has 11 heavy (non-hydrogen) atoms. The van der Waals surface area contributed by atoms with Gasteiger partial charge in [-0.15, -0.1) is 0 Å². The summed E-state index contributed by atoms with van der Waals surface area (Å²) in [5.74, 6) is 0. The Kier molecular flexibility index (Phi) is 3.20. The van der Waals surface area contributed by atoms with E-state index in [1.54, 1.807) is 0 Å². The number of nitrogens with one attached hydrogen (secondary N) is 1. The Labute approximate surface area is 68.5 Å². The molecule has 0 bridgehead atoms. The standard InChI is InChI=1S/C8H17N3/c1-3-5-6-11-7-9-10-8(11)4-2/h7-8,10H,3-6H2,1-2H3. The van der Waals surface area contributed by atoms with Crippen molar-refractivity contribution >= 4 is 6.34 Å². The second-order valence-corrected chi connectivity index (χ2v) is 2.89. The molecule has 3 nitrogen and oxygen atoms in total. The minimum Gasteiger partial charge on any atom is -0.340 e. The number of hydrazone groups is 1. The van der Waals surface area contributed by atoms with E-state index in [4.69, 9.17) is 0 Å². The normalized spacial score (nSPS) is 22.4. The molecule has 1 heterocycles. The zero-order valence-electron chi connectivity index (χ0n) is 7.38. The average Bonchev–Trinajstić information content (AvgIpc) is 2.47. The third kappa shape index (κ3) is 2.10. The molecule has 1 rings (SSSR count). The first-order chi connectivity index (χ1) is 5.38. The molecule has 0 radical (unpaired) electrons. The lowest BCUT2D eigenvalue weighted by Gasteiger charge is -2.21. The highest BCUT2D eigenvalue weighted by molar-refractivity contribution is 5.56. The van der Waals surface area contributed by atoms with Gasteiger partial charge in [-0.3, -0.25) is 5.43 Å². The summed E-state index contributed by atoms with van der Waals surface area (Å²) in [6.45, 7) is 5.51. The van der Waals surface area contributed by atoms with Gasteiger partial charge in [0.1, 0.15) is 12.5 Å². The van der Waals surface area contributed by atoms with Crippen LogP contribution in [0.4, 0.5) is 0 Å². The summed E-state index contributed by atoms with van der Waals surface area (Å²) in [7, 11) is 0. The Hall–Kier alpha value is -0.730. The maximum absolute atomic E-state index is 4.02. The molecule has 0 aromatic heterocycles. The summed E-state index contributed by atoms with van der Waals surface area (Å²) in [6, 6.07) is 0. The first kappa shape index (κ1) is 8.37. The van der Waals surface area contributed by atoms with E-state index in [-0.39, 0.29) is 0 Å². The van der Waals surface area contributed by atoms with Gasteiger partial charge in [0.2, 0.25) is 0 Å². The smallest absolute Gasteiger partial charge is 0.116 e. The zero-order chi connectivity index (χ0) is 8.10. The molecule has 64 valence electrons. The molecule has 1 aliphatic rings. The van der Waals surface area contributed by atoms with Crippen LogP contribution >= 0.6 is 0 Å². The highest BCUT2D eigenvalue weighted by Gasteiger charge is 2.15. The van der Waals surface area contributed by atoms with Crippen molar-refractivity contribution < 1.29 is 0 Å². The number of rotatable bonds is 4. The molecule has 0 amide bonds. The van der Waals surface area contributed by atoms with Crippen LogP contribution in [0.3, 0.4) is 0 Å². The second-order valence-electron chi connectivity index (χ2n) is 2.89. The first-order valence-electron chi connectivity index (χ1n) is 4.43. The number of unbranched alkanes of at least 4 members (excludes halogenated alkanes) is 1. The quantitative estimate of drug-likeness (QED) is 0.664. The van der Waals surface area contributed by atoms with E-state index in [1.165, 1.54) is 12.8 Å². The fourth-order valence-electron chi connectivity index (χ4n) is 1.23. The molecule has 3 heteroatoms. The van der Waals surface area contributed by atoms with Gasteiger partial charge in [-0.25, -0.2) is 0 Å². The van der Waals surface area contributed by atoms with Crippen molar-refractivity contribution in [1.29, 1.82) is 0 Å². The Morgan fingerprint density at radius 2 is 2.36 bits per heavy atom. The van der Waals surface area contributed by atoms with Crippen molar-refractivity contribution in [1.82, 2.24) is 10.3 Å².